The molecule has 0 amide bonds. The molecule has 27 heavy (non-hydrogen) atoms. The zero-order chi connectivity index (χ0) is 18.0. The molecule has 1 atom stereocenters. The summed E-state index contributed by atoms with van der Waals surface area (Å²) in [7, 11) is 0. The van der Waals surface area contributed by atoms with Gasteiger partial charge < -0.3 is 15.0 Å². The molecule has 4 heteroatoms. The van der Waals surface area contributed by atoms with Crippen LogP contribution in [0, 0.1) is 6.92 Å². The van der Waals surface area contributed by atoms with E-state index in [9.17, 15) is 0 Å². The smallest absolute Gasteiger partial charge is 0.137 e. The fourth-order valence-electron chi connectivity index (χ4n) is 4.89. The number of fused-ring (bicyclic) bond motifs is 2. The molecule has 4 heterocycles. The second kappa shape index (κ2) is 5.66. The molecule has 1 saturated heterocycles. The Morgan fingerprint density at radius 2 is 2.11 bits per heavy atom. The number of benzene rings is 1. The van der Waals surface area contributed by atoms with E-state index in [-0.39, 0.29) is 5.60 Å². The monoisotopic (exact) mass is 359 g/mol. The summed E-state index contributed by atoms with van der Waals surface area (Å²) in [6.45, 7) is 4.03. The lowest BCUT2D eigenvalue weighted by molar-refractivity contribution is 0.00752. The number of aromatic amines is 1. The summed E-state index contributed by atoms with van der Waals surface area (Å²) in [6.07, 6.45) is 10.0. The first-order valence-electron chi connectivity index (χ1n) is 10.2. The first kappa shape index (κ1) is 15.8. The number of aromatic nitrogens is 2. The molecule has 0 bridgehead atoms. The highest BCUT2D eigenvalue weighted by Gasteiger charge is 2.47. The van der Waals surface area contributed by atoms with E-state index in [1.807, 2.05) is 12.4 Å². The maximum absolute atomic E-state index is 6.27. The van der Waals surface area contributed by atoms with Gasteiger partial charge in [-0.05, 0) is 79.1 Å². The number of pyridine rings is 1. The average molecular weight is 359 g/mol. The molecule has 1 aliphatic carbocycles. The number of rotatable bonds is 2. The zero-order valence-electron chi connectivity index (χ0n) is 15.8. The molecule has 0 radical (unpaired) electrons. The summed E-state index contributed by atoms with van der Waals surface area (Å²) in [5, 5.41) is 4.91. The van der Waals surface area contributed by atoms with Gasteiger partial charge in [-0.2, -0.15) is 0 Å². The largest absolute Gasteiger partial charge is 0.370 e. The van der Waals surface area contributed by atoms with Crippen LogP contribution in [0.2, 0.25) is 0 Å². The van der Waals surface area contributed by atoms with Crippen LogP contribution < -0.4 is 5.32 Å². The van der Waals surface area contributed by atoms with Crippen LogP contribution in [-0.2, 0) is 17.8 Å². The molecular weight excluding hydrogens is 334 g/mol. The van der Waals surface area contributed by atoms with Crippen molar-refractivity contribution in [2.75, 3.05) is 6.54 Å². The van der Waals surface area contributed by atoms with Gasteiger partial charge in [0, 0.05) is 35.8 Å². The fraction of sp³-hybridized carbons (Fsp3) is 0.435. The number of hydrogen-bond donors (Lipinski definition) is 2. The Bertz CT molecular complexity index is 1040. The Hall–Kier alpha value is -2.17. The minimum Gasteiger partial charge on any atom is -0.370 e. The SMILES string of the molecule is Cc1c[nH]c2ncc(-c3cc4c(c([C@@H]5CCCN5)c3)COC3(CC3)C4)cc12. The van der Waals surface area contributed by atoms with E-state index in [0.29, 0.717) is 6.04 Å². The molecule has 2 aromatic heterocycles. The third-order valence-corrected chi connectivity index (χ3v) is 6.73. The van der Waals surface area contributed by atoms with Gasteiger partial charge in [0.1, 0.15) is 5.65 Å². The second-order valence-electron chi connectivity index (χ2n) is 8.59. The predicted octanol–water partition coefficient (Wildman–Crippen LogP) is 4.57. The summed E-state index contributed by atoms with van der Waals surface area (Å²) < 4.78 is 6.27. The minimum atomic E-state index is 0.144. The predicted molar refractivity (Wildman–Crippen MR) is 107 cm³/mol. The van der Waals surface area contributed by atoms with Gasteiger partial charge in [-0.25, -0.2) is 4.98 Å². The quantitative estimate of drug-likeness (QED) is 0.705. The summed E-state index contributed by atoms with van der Waals surface area (Å²) in [5.74, 6) is 0. The van der Waals surface area contributed by atoms with Gasteiger partial charge >= 0.3 is 0 Å². The van der Waals surface area contributed by atoms with Crippen LogP contribution in [0.3, 0.4) is 0 Å². The molecule has 3 aliphatic rings. The van der Waals surface area contributed by atoms with E-state index in [2.05, 4.69) is 40.4 Å². The number of aryl methyl sites for hydroxylation is 1. The van der Waals surface area contributed by atoms with Gasteiger partial charge in [0.15, 0.2) is 0 Å². The molecule has 1 aromatic carbocycles. The van der Waals surface area contributed by atoms with Gasteiger partial charge in [-0.1, -0.05) is 6.07 Å². The van der Waals surface area contributed by atoms with Crippen LogP contribution in [0.1, 0.15) is 54.0 Å². The standard InChI is InChI=1S/C23H25N3O/c1-14-11-25-22-18(14)9-17(12-26-22)15-7-16-10-23(4-5-23)27-13-20(16)19(8-15)21-3-2-6-24-21/h7-9,11-12,21,24H,2-6,10,13H2,1H3,(H,25,26)/t21-/m0/s1. The summed E-state index contributed by atoms with van der Waals surface area (Å²) >= 11 is 0. The molecule has 2 fully saturated rings. The van der Waals surface area contributed by atoms with Crippen molar-refractivity contribution in [3.63, 3.8) is 0 Å². The van der Waals surface area contributed by atoms with Crippen LogP contribution >= 0.6 is 0 Å². The minimum absolute atomic E-state index is 0.144. The van der Waals surface area contributed by atoms with Crippen LogP contribution in [0.25, 0.3) is 22.2 Å². The molecule has 1 spiro atoms. The van der Waals surface area contributed by atoms with Gasteiger partial charge in [-0.15, -0.1) is 0 Å². The first-order chi connectivity index (χ1) is 13.2. The topological polar surface area (TPSA) is 49.9 Å². The number of ether oxygens (including phenoxy) is 1. The van der Waals surface area contributed by atoms with Crippen molar-refractivity contribution < 1.29 is 4.74 Å². The van der Waals surface area contributed by atoms with Crippen LogP contribution in [0.15, 0.2) is 30.6 Å². The van der Waals surface area contributed by atoms with Crippen molar-refractivity contribution in [3.8, 4) is 11.1 Å². The Balaban J connectivity index is 1.51. The lowest BCUT2D eigenvalue weighted by atomic mass is 9.86. The van der Waals surface area contributed by atoms with Crippen molar-refractivity contribution in [3.05, 3.63) is 52.8 Å². The van der Waals surface area contributed by atoms with Crippen LogP contribution in [-0.4, -0.2) is 22.1 Å². The normalized spacial score (nSPS) is 23.1. The Labute approximate surface area is 159 Å². The van der Waals surface area contributed by atoms with Gasteiger partial charge in [-0.3, -0.25) is 0 Å². The van der Waals surface area contributed by atoms with Crippen molar-refractivity contribution in [1.82, 2.24) is 15.3 Å². The van der Waals surface area contributed by atoms with E-state index in [0.717, 1.165) is 25.2 Å². The van der Waals surface area contributed by atoms with Gasteiger partial charge in [0.05, 0.1) is 12.2 Å². The molecule has 2 N–H and O–H groups in total. The van der Waals surface area contributed by atoms with Gasteiger partial charge in [0.2, 0.25) is 0 Å². The lowest BCUT2D eigenvalue weighted by Gasteiger charge is -2.29. The third-order valence-electron chi connectivity index (χ3n) is 6.73. The highest BCUT2D eigenvalue weighted by atomic mass is 16.5. The molecule has 138 valence electrons. The van der Waals surface area contributed by atoms with Crippen molar-refractivity contribution in [2.45, 2.75) is 57.3 Å². The van der Waals surface area contributed by atoms with Gasteiger partial charge in [0.25, 0.3) is 0 Å². The Morgan fingerprint density at radius 3 is 2.93 bits per heavy atom. The average Bonchev–Trinajstić information content (AvgIpc) is 3.10. The number of hydrogen-bond acceptors (Lipinski definition) is 3. The molecule has 2 aliphatic heterocycles. The summed E-state index contributed by atoms with van der Waals surface area (Å²) in [4.78, 5) is 7.92. The van der Waals surface area contributed by atoms with E-state index in [4.69, 9.17) is 4.74 Å². The molecule has 1 saturated carbocycles. The summed E-state index contributed by atoms with van der Waals surface area (Å²) in [5.41, 5.74) is 9.24. The highest BCUT2D eigenvalue weighted by Crippen LogP contribution is 2.48. The molecule has 3 aromatic rings. The maximum Gasteiger partial charge on any atom is 0.137 e. The van der Waals surface area contributed by atoms with Crippen molar-refractivity contribution in [1.29, 1.82) is 0 Å². The van der Waals surface area contributed by atoms with E-state index in [1.165, 1.54) is 64.5 Å². The van der Waals surface area contributed by atoms with Crippen molar-refractivity contribution in [2.24, 2.45) is 0 Å². The molecular formula is C23H25N3O. The van der Waals surface area contributed by atoms with Crippen LogP contribution in [0.4, 0.5) is 0 Å². The molecule has 0 unspecified atom stereocenters. The second-order valence-corrected chi connectivity index (χ2v) is 8.59. The molecule has 4 nitrogen and oxygen atoms in total. The van der Waals surface area contributed by atoms with Crippen molar-refractivity contribution >= 4 is 11.0 Å². The number of nitrogens with one attached hydrogen (secondary N) is 2. The van der Waals surface area contributed by atoms with E-state index >= 15 is 0 Å². The lowest BCUT2D eigenvalue weighted by Crippen LogP contribution is -2.26. The number of H-pyrrole nitrogens is 1. The van der Waals surface area contributed by atoms with E-state index < -0.39 is 0 Å². The van der Waals surface area contributed by atoms with Crippen LogP contribution in [0.5, 0.6) is 0 Å². The summed E-state index contributed by atoms with van der Waals surface area (Å²) in [6, 6.07) is 7.54. The molecule has 6 rings (SSSR count). The maximum atomic E-state index is 6.27. The zero-order valence-corrected chi connectivity index (χ0v) is 15.8. The van der Waals surface area contributed by atoms with E-state index in [1.54, 1.807) is 0 Å². The third kappa shape index (κ3) is 2.54. The first-order valence-corrected chi connectivity index (χ1v) is 10.2. The Kier molecular flexibility index (Phi) is 3.32. The Morgan fingerprint density at radius 1 is 1.19 bits per heavy atom. The fourth-order valence-corrected chi connectivity index (χ4v) is 4.89. The number of nitrogens with zero attached hydrogens (tertiary/aromatic N) is 1. The highest BCUT2D eigenvalue weighted by molar-refractivity contribution is 5.84.